The molecule has 0 unspecified atom stereocenters. The summed E-state index contributed by atoms with van der Waals surface area (Å²) in [5.41, 5.74) is 0. The maximum atomic E-state index is 12.3. The maximum absolute atomic E-state index is 12.3. The predicted molar refractivity (Wildman–Crippen MR) is 77.2 cm³/mol. The zero-order valence-electron chi connectivity index (χ0n) is 12.6. The average Bonchev–Trinajstić information content (AvgIpc) is 2.54. The zero-order valence-corrected chi connectivity index (χ0v) is 13.4. The number of carbonyl (C=O) groups is 1. The summed E-state index contributed by atoms with van der Waals surface area (Å²) in [5.74, 6) is 0.647. The fourth-order valence-electron chi connectivity index (χ4n) is 3.22. The molecule has 2 aliphatic heterocycles. The second-order valence-corrected chi connectivity index (χ2v) is 8.83. The number of hydrogen-bond acceptors (Lipinski definition) is 4. The van der Waals surface area contributed by atoms with E-state index in [1.807, 2.05) is 20.8 Å². The van der Waals surface area contributed by atoms with Gasteiger partial charge in [0.25, 0.3) is 0 Å². The maximum Gasteiger partial charge on any atom is 0.222 e. The van der Waals surface area contributed by atoms with Crippen LogP contribution in [0.1, 0.15) is 33.6 Å². The summed E-state index contributed by atoms with van der Waals surface area (Å²) in [6.45, 7) is 7.71. The number of carbonyl (C=O) groups excluding carboxylic acids is 1. The highest BCUT2D eigenvalue weighted by Gasteiger charge is 2.62. The van der Waals surface area contributed by atoms with Gasteiger partial charge >= 0.3 is 0 Å². The molecule has 0 aromatic carbocycles. The van der Waals surface area contributed by atoms with Gasteiger partial charge in [0.1, 0.15) is 4.75 Å². The Hall–Kier alpha value is -0.620. The van der Waals surface area contributed by atoms with Crippen molar-refractivity contribution in [3.8, 4) is 0 Å². The minimum absolute atomic E-state index is 0.0375. The van der Waals surface area contributed by atoms with Crippen LogP contribution in [0.4, 0.5) is 0 Å². The summed E-state index contributed by atoms with van der Waals surface area (Å²) >= 11 is 0. The van der Waals surface area contributed by atoms with E-state index in [0.29, 0.717) is 45.1 Å². The summed E-state index contributed by atoms with van der Waals surface area (Å²) in [6, 6.07) is 0. The lowest BCUT2D eigenvalue weighted by Crippen LogP contribution is -2.68. The molecule has 0 bridgehead atoms. The number of likely N-dealkylation sites (tertiary alicyclic amines) is 1. The van der Waals surface area contributed by atoms with Gasteiger partial charge in [-0.3, -0.25) is 4.79 Å². The van der Waals surface area contributed by atoms with Gasteiger partial charge in [-0.2, -0.15) is 0 Å². The third kappa shape index (κ3) is 2.60. The fourth-order valence-corrected chi connectivity index (χ4v) is 5.62. The first kappa shape index (κ1) is 15.8. The van der Waals surface area contributed by atoms with Crippen LogP contribution in [0.3, 0.4) is 0 Å². The number of ether oxygens (including phenoxy) is 1. The molecular formula is C14H25NO4S. The number of rotatable bonds is 5. The van der Waals surface area contributed by atoms with Crippen molar-refractivity contribution >= 4 is 15.7 Å². The van der Waals surface area contributed by atoms with Gasteiger partial charge in [0, 0.05) is 32.0 Å². The summed E-state index contributed by atoms with van der Waals surface area (Å²) in [4.78, 5) is 13.7. The van der Waals surface area contributed by atoms with E-state index in [1.165, 1.54) is 0 Å². The van der Waals surface area contributed by atoms with Crippen molar-refractivity contribution in [2.45, 2.75) is 38.4 Å². The third-order valence-electron chi connectivity index (χ3n) is 4.47. The molecule has 2 saturated heterocycles. The molecular weight excluding hydrogens is 278 g/mol. The molecule has 5 nitrogen and oxygen atoms in total. The van der Waals surface area contributed by atoms with Crippen molar-refractivity contribution < 1.29 is 17.9 Å². The number of nitrogens with zero attached hydrogens (tertiary/aromatic N) is 1. The van der Waals surface area contributed by atoms with Gasteiger partial charge in [-0.1, -0.05) is 13.8 Å². The second-order valence-electron chi connectivity index (χ2n) is 6.38. The molecule has 20 heavy (non-hydrogen) atoms. The Morgan fingerprint density at radius 1 is 1.40 bits per heavy atom. The highest BCUT2D eigenvalue weighted by molar-refractivity contribution is 7.93. The lowest BCUT2D eigenvalue weighted by molar-refractivity contribution is -0.138. The molecule has 1 spiro atoms. The Balaban J connectivity index is 2.04. The van der Waals surface area contributed by atoms with E-state index in [-0.39, 0.29) is 17.6 Å². The van der Waals surface area contributed by atoms with Crippen molar-refractivity contribution in [3.63, 3.8) is 0 Å². The van der Waals surface area contributed by atoms with Crippen molar-refractivity contribution in [1.82, 2.24) is 4.90 Å². The van der Waals surface area contributed by atoms with Crippen LogP contribution in [0.25, 0.3) is 0 Å². The van der Waals surface area contributed by atoms with E-state index in [0.717, 1.165) is 0 Å². The van der Waals surface area contributed by atoms with Crippen LogP contribution in [0.15, 0.2) is 0 Å². The van der Waals surface area contributed by atoms with Crippen molar-refractivity contribution in [1.29, 1.82) is 0 Å². The molecule has 0 aromatic heterocycles. The molecule has 1 atom stereocenters. The van der Waals surface area contributed by atoms with Crippen LogP contribution in [-0.2, 0) is 19.4 Å². The van der Waals surface area contributed by atoms with Gasteiger partial charge in [0.05, 0.1) is 12.4 Å². The first-order valence-corrected chi connectivity index (χ1v) is 9.05. The van der Waals surface area contributed by atoms with Gasteiger partial charge in [-0.15, -0.1) is 0 Å². The molecule has 1 amide bonds. The van der Waals surface area contributed by atoms with E-state index in [2.05, 4.69) is 0 Å². The average molecular weight is 303 g/mol. The number of amides is 1. The molecule has 0 saturated carbocycles. The largest absolute Gasteiger partial charge is 0.381 e. The monoisotopic (exact) mass is 303 g/mol. The predicted octanol–water partition coefficient (Wildman–Crippen LogP) is 1.08. The van der Waals surface area contributed by atoms with Crippen molar-refractivity contribution in [2.75, 3.05) is 32.1 Å². The Labute approximate surface area is 121 Å². The molecule has 6 heteroatoms. The van der Waals surface area contributed by atoms with Crippen LogP contribution < -0.4 is 0 Å². The van der Waals surface area contributed by atoms with Crippen LogP contribution in [0.2, 0.25) is 0 Å². The van der Waals surface area contributed by atoms with Crippen LogP contribution in [0.5, 0.6) is 0 Å². The van der Waals surface area contributed by atoms with Crippen LogP contribution >= 0.6 is 0 Å². The standard InChI is InChI=1S/C14H25NO4S/c1-4-19-8-12-5-6-20(17,18)14(12)9-15(10-14)13(16)7-11(2)3/h11-12H,4-10H2,1-3H3/t12-/m1/s1. The third-order valence-corrected chi connectivity index (χ3v) is 7.08. The van der Waals surface area contributed by atoms with Gasteiger partial charge in [-0.05, 0) is 19.3 Å². The molecule has 0 N–H and O–H groups in total. The van der Waals surface area contributed by atoms with Crippen LogP contribution in [0, 0.1) is 11.8 Å². The normalized spacial score (nSPS) is 27.0. The van der Waals surface area contributed by atoms with E-state index >= 15 is 0 Å². The van der Waals surface area contributed by atoms with E-state index in [4.69, 9.17) is 4.74 Å². The molecule has 0 aromatic rings. The fraction of sp³-hybridized carbons (Fsp3) is 0.929. The van der Waals surface area contributed by atoms with E-state index in [1.54, 1.807) is 4.90 Å². The molecule has 116 valence electrons. The van der Waals surface area contributed by atoms with Gasteiger partial charge in [-0.25, -0.2) is 8.42 Å². The lowest BCUT2D eigenvalue weighted by atomic mass is 9.83. The summed E-state index contributed by atoms with van der Waals surface area (Å²) in [7, 11) is -3.10. The minimum atomic E-state index is -3.10. The highest BCUT2D eigenvalue weighted by atomic mass is 32.2. The molecule has 2 aliphatic rings. The lowest BCUT2D eigenvalue weighted by Gasteiger charge is -2.50. The Kier molecular flexibility index (Phi) is 4.44. The molecule has 0 aliphatic carbocycles. The summed E-state index contributed by atoms with van der Waals surface area (Å²) < 4.78 is 29.4. The van der Waals surface area contributed by atoms with Gasteiger partial charge < -0.3 is 9.64 Å². The topological polar surface area (TPSA) is 63.7 Å². The zero-order chi connectivity index (χ0) is 15.0. The molecule has 2 fully saturated rings. The van der Waals surface area contributed by atoms with Crippen molar-refractivity contribution in [3.05, 3.63) is 0 Å². The Morgan fingerprint density at radius 2 is 2.05 bits per heavy atom. The highest BCUT2D eigenvalue weighted by Crippen LogP contribution is 2.45. The molecule has 0 radical (unpaired) electrons. The summed E-state index contributed by atoms with van der Waals surface area (Å²) in [6.07, 6.45) is 1.15. The number of hydrogen-bond donors (Lipinski definition) is 0. The van der Waals surface area contributed by atoms with Gasteiger partial charge in [0.2, 0.25) is 5.91 Å². The quantitative estimate of drug-likeness (QED) is 0.762. The smallest absolute Gasteiger partial charge is 0.222 e. The second kappa shape index (κ2) is 5.64. The number of sulfone groups is 1. The van der Waals surface area contributed by atoms with Gasteiger partial charge in [0.15, 0.2) is 9.84 Å². The van der Waals surface area contributed by atoms with E-state index in [9.17, 15) is 13.2 Å². The minimum Gasteiger partial charge on any atom is -0.381 e. The first-order chi connectivity index (χ1) is 9.32. The van der Waals surface area contributed by atoms with Crippen molar-refractivity contribution in [2.24, 2.45) is 11.8 Å². The SMILES string of the molecule is CCOC[C@H]1CCS(=O)(=O)C12CN(C(=O)CC(C)C)C2. The summed E-state index contributed by atoms with van der Waals surface area (Å²) in [5, 5.41) is 0. The molecule has 2 heterocycles. The Morgan fingerprint density at radius 3 is 2.60 bits per heavy atom. The Bertz CT molecular complexity index is 466. The first-order valence-electron chi connectivity index (χ1n) is 7.40. The van der Waals surface area contributed by atoms with E-state index < -0.39 is 14.6 Å². The van der Waals surface area contributed by atoms with Crippen LogP contribution in [-0.4, -0.2) is 56.0 Å². The molecule has 2 rings (SSSR count).